The van der Waals surface area contributed by atoms with E-state index < -0.39 is 5.82 Å². The van der Waals surface area contributed by atoms with Crippen molar-refractivity contribution < 1.29 is 13.9 Å². The predicted octanol–water partition coefficient (Wildman–Crippen LogP) is 2.43. The second-order valence-corrected chi connectivity index (χ2v) is 4.35. The third-order valence-corrected chi connectivity index (χ3v) is 3.31. The van der Waals surface area contributed by atoms with E-state index in [0.29, 0.717) is 30.3 Å². The van der Waals surface area contributed by atoms with Gasteiger partial charge in [0.2, 0.25) is 5.91 Å². The third kappa shape index (κ3) is 2.36. The first-order chi connectivity index (χ1) is 8.15. The number of alkyl halides is 1. The third-order valence-electron chi connectivity index (χ3n) is 2.87. The van der Waals surface area contributed by atoms with Gasteiger partial charge in [-0.05, 0) is 18.1 Å². The fourth-order valence-corrected chi connectivity index (χ4v) is 2.16. The van der Waals surface area contributed by atoms with Crippen molar-refractivity contribution in [2.24, 2.45) is 5.92 Å². The van der Waals surface area contributed by atoms with Gasteiger partial charge in [-0.25, -0.2) is 4.39 Å². The van der Waals surface area contributed by atoms with Crippen LogP contribution in [0, 0.1) is 11.7 Å². The van der Waals surface area contributed by atoms with Crippen LogP contribution in [0.25, 0.3) is 0 Å². The molecule has 0 saturated carbocycles. The first kappa shape index (κ1) is 12.2. The number of halogens is 2. The Kier molecular flexibility index (Phi) is 3.52. The van der Waals surface area contributed by atoms with Crippen molar-refractivity contribution in [1.82, 2.24) is 0 Å². The van der Waals surface area contributed by atoms with Crippen LogP contribution in [0.4, 0.5) is 10.1 Å². The first-order valence-electron chi connectivity index (χ1n) is 5.35. The Labute approximate surface area is 104 Å². The van der Waals surface area contributed by atoms with Gasteiger partial charge in [-0.15, -0.1) is 11.6 Å². The number of methoxy groups -OCH3 is 1. The van der Waals surface area contributed by atoms with E-state index >= 15 is 0 Å². The van der Waals surface area contributed by atoms with Gasteiger partial charge in [-0.2, -0.15) is 0 Å². The summed E-state index contributed by atoms with van der Waals surface area (Å²) in [5.41, 5.74) is 0.295. The standard InChI is InChI=1S/C12H13ClFNO2/c1-17-9-2-3-11(10(14)5-9)15-7-8(6-13)4-12(15)16/h2-3,5,8H,4,6-7H2,1H3. The monoisotopic (exact) mass is 257 g/mol. The molecule has 1 amide bonds. The summed E-state index contributed by atoms with van der Waals surface area (Å²) >= 11 is 5.72. The molecule has 0 spiro atoms. The molecule has 1 saturated heterocycles. The van der Waals surface area contributed by atoms with Gasteiger partial charge in [0.15, 0.2) is 5.82 Å². The molecular formula is C12H13ClFNO2. The lowest BCUT2D eigenvalue weighted by Crippen LogP contribution is -2.25. The van der Waals surface area contributed by atoms with Crippen molar-refractivity contribution in [3.05, 3.63) is 24.0 Å². The van der Waals surface area contributed by atoms with Crippen LogP contribution in [0.15, 0.2) is 18.2 Å². The molecule has 1 aromatic carbocycles. The van der Waals surface area contributed by atoms with Crippen LogP contribution in [0.3, 0.4) is 0 Å². The molecule has 1 unspecified atom stereocenters. The van der Waals surface area contributed by atoms with Gasteiger partial charge >= 0.3 is 0 Å². The molecule has 17 heavy (non-hydrogen) atoms. The summed E-state index contributed by atoms with van der Waals surface area (Å²) in [6, 6.07) is 4.47. The maximum atomic E-state index is 13.8. The summed E-state index contributed by atoms with van der Waals surface area (Å²) in [4.78, 5) is 13.2. The van der Waals surface area contributed by atoms with Crippen molar-refractivity contribution in [3.63, 3.8) is 0 Å². The summed E-state index contributed by atoms with van der Waals surface area (Å²) in [7, 11) is 1.47. The lowest BCUT2D eigenvalue weighted by molar-refractivity contribution is -0.117. The van der Waals surface area contributed by atoms with Gasteiger partial charge in [-0.3, -0.25) is 4.79 Å². The Morgan fingerprint density at radius 3 is 2.88 bits per heavy atom. The molecule has 0 bridgehead atoms. The summed E-state index contributed by atoms with van der Waals surface area (Å²) in [5, 5.41) is 0. The number of rotatable bonds is 3. The van der Waals surface area contributed by atoms with E-state index in [0.717, 1.165) is 0 Å². The summed E-state index contributed by atoms with van der Waals surface area (Å²) in [6.07, 6.45) is 0.384. The Bertz CT molecular complexity index is 439. The highest BCUT2D eigenvalue weighted by atomic mass is 35.5. The number of carbonyl (C=O) groups is 1. The van der Waals surface area contributed by atoms with Gasteiger partial charge in [0, 0.05) is 24.9 Å². The Morgan fingerprint density at radius 1 is 1.59 bits per heavy atom. The van der Waals surface area contributed by atoms with Crippen LogP contribution in [0.5, 0.6) is 5.75 Å². The van der Waals surface area contributed by atoms with Crippen LogP contribution < -0.4 is 9.64 Å². The number of ether oxygens (including phenoxy) is 1. The molecule has 1 heterocycles. The highest BCUT2D eigenvalue weighted by Crippen LogP contribution is 2.29. The van der Waals surface area contributed by atoms with Crippen LogP contribution in [0.1, 0.15) is 6.42 Å². The highest BCUT2D eigenvalue weighted by Gasteiger charge is 2.31. The zero-order chi connectivity index (χ0) is 12.4. The molecular weight excluding hydrogens is 245 g/mol. The van der Waals surface area contributed by atoms with Crippen molar-refractivity contribution in [1.29, 1.82) is 0 Å². The van der Waals surface area contributed by atoms with Crippen LogP contribution in [-0.4, -0.2) is 25.4 Å². The molecule has 5 heteroatoms. The SMILES string of the molecule is COc1ccc(N2CC(CCl)CC2=O)c(F)c1. The fraction of sp³-hybridized carbons (Fsp3) is 0.417. The van der Waals surface area contributed by atoms with Gasteiger partial charge < -0.3 is 9.64 Å². The normalized spacial score (nSPS) is 19.8. The quantitative estimate of drug-likeness (QED) is 0.779. The molecule has 1 aliphatic heterocycles. The first-order valence-corrected chi connectivity index (χ1v) is 5.89. The average Bonchev–Trinajstić information content (AvgIpc) is 2.70. The van der Waals surface area contributed by atoms with Crippen molar-refractivity contribution in [2.75, 3.05) is 24.4 Å². The van der Waals surface area contributed by atoms with E-state index in [1.165, 1.54) is 18.1 Å². The summed E-state index contributed by atoms with van der Waals surface area (Å²) in [6.45, 7) is 0.478. The van der Waals surface area contributed by atoms with E-state index in [-0.39, 0.29) is 11.8 Å². The van der Waals surface area contributed by atoms with E-state index in [9.17, 15) is 9.18 Å². The van der Waals surface area contributed by atoms with E-state index in [1.807, 2.05) is 0 Å². The number of carbonyl (C=O) groups excluding carboxylic acids is 1. The Hall–Kier alpha value is -1.29. The average molecular weight is 258 g/mol. The predicted molar refractivity (Wildman–Crippen MR) is 64.1 cm³/mol. The highest BCUT2D eigenvalue weighted by molar-refractivity contribution is 6.18. The molecule has 3 nitrogen and oxygen atoms in total. The number of hydrogen-bond donors (Lipinski definition) is 0. The van der Waals surface area contributed by atoms with Gasteiger partial charge in [0.25, 0.3) is 0 Å². The lowest BCUT2D eigenvalue weighted by Gasteiger charge is -2.17. The lowest BCUT2D eigenvalue weighted by atomic mass is 10.1. The Balaban J connectivity index is 2.26. The summed E-state index contributed by atoms with van der Waals surface area (Å²) in [5.74, 6) is 0.421. The molecule has 0 N–H and O–H groups in total. The maximum absolute atomic E-state index is 13.8. The zero-order valence-electron chi connectivity index (χ0n) is 9.45. The molecule has 1 aliphatic rings. The minimum absolute atomic E-state index is 0.0836. The Morgan fingerprint density at radius 2 is 2.35 bits per heavy atom. The molecule has 0 radical (unpaired) electrons. The van der Waals surface area contributed by atoms with Crippen molar-refractivity contribution >= 4 is 23.2 Å². The maximum Gasteiger partial charge on any atom is 0.227 e. The smallest absolute Gasteiger partial charge is 0.227 e. The van der Waals surface area contributed by atoms with Crippen molar-refractivity contribution in [2.45, 2.75) is 6.42 Å². The van der Waals surface area contributed by atoms with Crippen LogP contribution in [-0.2, 0) is 4.79 Å². The molecule has 1 aromatic rings. The molecule has 92 valence electrons. The molecule has 1 fully saturated rings. The molecule has 0 aromatic heterocycles. The summed E-state index contributed by atoms with van der Waals surface area (Å²) < 4.78 is 18.7. The van der Waals surface area contributed by atoms with Gasteiger partial charge in [0.05, 0.1) is 12.8 Å². The number of hydrogen-bond acceptors (Lipinski definition) is 2. The molecule has 1 atom stereocenters. The molecule has 0 aliphatic carbocycles. The van der Waals surface area contributed by atoms with Crippen molar-refractivity contribution in [3.8, 4) is 5.75 Å². The van der Waals surface area contributed by atoms with E-state index in [4.69, 9.17) is 16.3 Å². The minimum atomic E-state index is -0.451. The topological polar surface area (TPSA) is 29.5 Å². The number of benzene rings is 1. The second-order valence-electron chi connectivity index (χ2n) is 4.05. The number of nitrogens with zero attached hydrogens (tertiary/aromatic N) is 1. The fourth-order valence-electron chi connectivity index (χ4n) is 1.95. The van der Waals surface area contributed by atoms with Gasteiger partial charge in [0.1, 0.15) is 5.75 Å². The second kappa shape index (κ2) is 4.92. The van der Waals surface area contributed by atoms with E-state index in [1.54, 1.807) is 12.1 Å². The number of amides is 1. The van der Waals surface area contributed by atoms with E-state index in [2.05, 4.69) is 0 Å². The minimum Gasteiger partial charge on any atom is -0.497 e. The van der Waals surface area contributed by atoms with Crippen LogP contribution >= 0.6 is 11.6 Å². The number of anilines is 1. The largest absolute Gasteiger partial charge is 0.497 e. The van der Waals surface area contributed by atoms with Gasteiger partial charge in [-0.1, -0.05) is 0 Å². The van der Waals surface area contributed by atoms with Crippen LogP contribution in [0.2, 0.25) is 0 Å². The zero-order valence-corrected chi connectivity index (χ0v) is 10.2. The molecule has 2 rings (SSSR count).